The van der Waals surface area contributed by atoms with Crippen LogP contribution in [0.1, 0.15) is 0 Å². The first-order valence-corrected chi connectivity index (χ1v) is 4.41. The number of para-hydroxylation sites is 1. The van der Waals surface area contributed by atoms with Crippen molar-refractivity contribution in [1.29, 1.82) is 0 Å². The zero-order valence-corrected chi connectivity index (χ0v) is 7.93. The van der Waals surface area contributed by atoms with E-state index in [1.165, 1.54) is 6.26 Å². The van der Waals surface area contributed by atoms with Crippen LogP contribution >= 0.6 is 0 Å². The highest BCUT2D eigenvalue weighted by Crippen LogP contribution is 2.08. The van der Waals surface area contributed by atoms with Gasteiger partial charge in [0, 0.05) is 0 Å². The molecular weight excluding hydrogens is 180 g/mol. The molecule has 0 bridgehead atoms. The van der Waals surface area contributed by atoms with Gasteiger partial charge in [-0.25, -0.2) is 0 Å². The van der Waals surface area contributed by atoms with Gasteiger partial charge in [0.05, 0.1) is 6.26 Å². The molecule has 0 fully saturated rings. The first kappa shape index (κ1) is 10.6. The van der Waals surface area contributed by atoms with Gasteiger partial charge in [-0.3, -0.25) is 0 Å². The fraction of sp³-hybridized carbons (Fsp3) is 0.273. The van der Waals surface area contributed by atoms with E-state index >= 15 is 0 Å². The van der Waals surface area contributed by atoms with Crippen molar-refractivity contribution in [2.45, 2.75) is 6.10 Å². The third-order valence-electron chi connectivity index (χ3n) is 1.59. The molecule has 3 heteroatoms. The molecule has 0 aliphatic heterocycles. The second-order valence-corrected chi connectivity index (χ2v) is 2.78. The Balaban J connectivity index is 2.23. The Hall–Kier alpha value is -1.48. The quantitative estimate of drug-likeness (QED) is 0.699. The lowest BCUT2D eigenvalue weighted by molar-refractivity contribution is 0.0467. The van der Waals surface area contributed by atoms with Crippen molar-refractivity contribution in [2.75, 3.05) is 13.2 Å². The van der Waals surface area contributed by atoms with Gasteiger partial charge >= 0.3 is 0 Å². The minimum absolute atomic E-state index is 0.205. The molecule has 1 atom stereocenters. The molecule has 0 radical (unpaired) electrons. The number of aliphatic hydroxyl groups excluding tert-OH is 1. The zero-order chi connectivity index (χ0) is 10.2. The van der Waals surface area contributed by atoms with Gasteiger partial charge in [0.15, 0.2) is 0 Å². The van der Waals surface area contributed by atoms with E-state index in [2.05, 4.69) is 6.58 Å². The highest BCUT2D eigenvalue weighted by molar-refractivity contribution is 5.20. The second kappa shape index (κ2) is 6.05. The molecule has 0 saturated heterocycles. The Morgan fingerprint density at radius 3 is 2.64 bits per heavy atom. The van der Waals surface area contributed by atoms with Crippen molar-refractivity contribution >= 4 is 0 Å². The van der Waals surface area contributed by atoms with Crippen LogP contribution in [-0.4, -0.2) is 24.4 Å². The Labute approximate surface area is 83.6 Å². The minimum Gasteiger partial charge on any atom is -0.499 e. The molecule has 76 valence electrons. The number of hydrogen-bond donors (Lipinski definition) is 1. The first-order chi connectivity index (χ1) is 6.83. The molecule has 0 aromatic heterocycles. The van der Waals surface area contributed by atoms with E-state index < -0.39 is 6.10 Å². The maximum absolute atomic E-state index is 9.34. The highest BCUT2D eigenvalue weighted by atomic mass is 16.5. The van der Waals surface area contributed by atoms with Crippen molar-refractivity contribution in [3.63, 3.8) is 0 Å². The summed E-state index contributed by atoms with van der Waals surface area (Å²) >= 11 is 0. The summed E-state index contributed by atoms with van der Waals surface area (Å²) < 4.78 is 10.1. The predicted octanol–water partition coefficient (Wildman–Crippen LogP) is 1.59. The fourth-order valence-electron chi connectivity index (χ4n) is 0.936. The summed E-state index contributed by atoms with van der Waals surface area (Å²) in [7, 11) is 0. The number of aliphatic hydroxyl groups is 1. The highest BCUT2D eigenvalue weighted by Gasteiger charge is 2.04. The molecule has 1 unspecified atom stereocenters. The van der Waals surface area contributed by atoms with Gasteiger partial charge in [-0.05, 0) is 12.1 Å². The van der Waals surface area contributed by atoms with E-state index in [-0.39, 0.29) is 13.2 Å². The molecule has 3 nitrogen and oxygen atoms in total. The van der Waals surface area contributed by atoms with E-state index in [0.717, 1.165) is 5.75 Å². The van der Waals surface area contributed by atoms with E-state index in [1.54, 1.807) is 0 Å². The number of hydrogen-bond acceptors (Lipinski definition) is 3. The number of rotatable bonds is 6. The van der Waals surface area contributed by atoms with Crippen LogP contribution < -0.4 is 4.74 Å². The Bertz CT molecular complexity index is 258. The van der Waals surface area contributed by atoms with E-state index in [1.807, 2.05) is 30.3 Å². The van der Waals surface area contributed by atoms with Gasteiger partial charge in [-0.1, -0.05) is 24.8 Å². The molecule has 14 heavy (non-hydrogen) atoms. The molecule has 0 spiro atoms. The summed E-state index contributed by atoms with van der Waals surface area (Å²) in [6.07, 6.45) is 0.666. The molecule has 0 amide bonds. The van der Waals surface area contributed by atoms with E-state index in [4.69, 9.17) is 9.47 Å². The average molecular weight is 194 g/mol. The van der Waals surface area contributed by atoms with Crippen LogP contribution in [0.2, 0.25) is 0 Å². The van der Waals surface area contributed by atoms with Crippen LogP contribution in [0.5, 0.6) is 5.75 Å². The third kappa shape index (κ3) is 3.96. The van der Waals surface area contributed by atoms with Crippen LogP contribution in [0.4, 0.5) is 0 Å². The minimum atomic E-state index is -0.631. The number of ether oxygens (including phenoxy) is 2. The van der Waals surface area contributed by atoms with Gasteiger partial charge in [-0.15, -0.1) is 0 Å². The fourth-order valence-corrected chi connectivity index (χ4v) is 0.936. The summed E-state index contributed by atoms with van der Waals surface area (Å²) in [6.45, 7) is 3.80. The van der Waals surface area contributed by atoms with Crippen molar-refractivity contribution in [1.82, 2.24) is 0 Å². The van der Waals surface area contributed by atoms with Gasteiger partial charge in [0.25, 0.3) is 0 Å². The average Bonchev–Trinajstić information content (AvgIpc) is 2.25. The third-order valence-corrected chi connectivity index (χ3v) is 1.59. The monoisotopic (exact) mass is 194 g/mol. The molecule has 0 saturated carbocycles. The predicted molar refractivity (Wildman–Crippen MR) is 54.1 cm³/mol. The molecular formula is C11H14O3. The Morgan fingerprint density at radius 2 is 2.00 bits per heavy atom. The SMILES string of the molecule is C=COCC(O)COc1ccccc1. The van der Waals surface area contributed by atoms with Crippen molar-refractivity contribution in [2.24, 2.45) is 0 Å². The molecule has 1 aromatic carbocycles. The van der Waals surface area contributed by atoms with Crippen LogP contribution in [0.3, 0.4) is 0 Å². The topological polar surface area (TPSA) is 38.7 Å². The number of benzene rings is 1. The maximum Gasteiger partial charge on any atom is 0.122 e. The van der Waals surface area contributed by atoms with Gasteiger partial charge in [0.2, 0.25) is 0 Å². The maximum atomic E-state index is 9.34. The van der Waals surface area contributed by atoms with E-state index in [0.29, 0.717) is 0 Å². The van der Waals surface area contributed by atoms with E-state index in [9.17, 15) is 5.11 Å². The Morgan fingerprint density at radius 1 is 1.29 bits per heavy atom. The molecule has 1 N–H and O–H groups in total. The largest absolute Gasteiger partial charge is 0.499 e. The van der Waals surface area contributed by atoms with Crippen molar-refractivity contribution in [3.05, 3.63) is 43.2 Å². The van der Waals surface area contributed by atoms with Crippen molar-refractivity contribution < 1.29 is 14.6 Å². The zero-order valence-electron chi connectivity index (χ0n) is 7.93. The second-order valence-electron chi connectivity index (χ2n) is 2.78. The standard InChI is InChI=1S/C11H14O3/c1-2-13-8-10(12)9-14-11-6-4-3-5-7-11/h2-7,10,12H,1,8-9H2. The van der Waals surface area contributed by atoms with Gasteiger partial charge in [0.1, 0.15) is 25.1 Å². The smallest absolute Gasteiger partial charge is 0.122 e. The van der Waals surface area contributed by atoms with Crippen LogP contribution in [0, 0.1) is 0 Å². The summed E-state index contributed by atoms with van der Waals surface area (Å²) in [5.41, 5.74) is 0. The molecule has 1 aromatic rings. The lowest BCUT2D eigenvalue weighted by atomic mass is 10.3. The summed E-state index contributed by atoms with van der Waals surface area (Å²) in [6, 6.07) is 9.33. The summed E-state index contributed by atoms with van der Waals surface area (Å²) in [5.74, 6) is 0.741. The lowest BCUT2D eigenvalue weighted by Gasteiger charge is -2.11. The van der Waals surface area contributed by atoms with Gasteiger partial charge < -0.3 is 14.6 Å². The molecule has 0 aliphatic rings. The van der Waals surface area contributed by atoms with Crippen LogP contribution in [-0.2, 0) is 4.74 Å². The summed E-state index contributed by atoms with van der Waals surface area (Å²) in [4.78, 5) is 0. The van der Waals surface area contributed by atoms with Crippen LogP contribution in [0.25, 0.3) is 0 Å². The summed E-state index contributed by atoms with van der Waals surface area (Å²) in [5, 5.41) is 9.34. The molecule has 1 rings (SSSR count). The molecule has 0 aliphatic carbocycles. The van der Waals surface area contributed by atoms with Crippen LogP contribution in [0.15, 0.2) is 43.2 Å². The first-order valence-electron chi connectivity index (χ1n) is 4.41. The normalized spacial score (nSPS) is 11.8. The van der Waals surface area contributed by atoms with Crippen molar-refractivity contribution in [3.8, 4) is 5.75 Å². The van der Waals surface area contributed by atoms with Gasteiger partial charge in [-0.2, -0.15) is 0 Å². The lowest BCUT2D eigenvalue weighted by Crippen LogP contribution is -2.22. The molecule has 0 heterocycles. The Kier molecular flexibility index (Phi) is 4.58.